The predicted octanol–water partition coefficient (Wildman–Crippen LogP) is 1.52. The zero-order valence-corrected chi connectivity index (χ0v) is 15.4. The summed E-state index contributed by atoms with van der Waals surface area (Å²) >= 11 is 0. The summed E-state index contributed by atoms with van der Waals surface area (Å²) in [6.45, 7) is 2.08. The van der Waals surface area contributed by atoms with Crippen LogP contribution in [0, 0.1) is 5.92 Å². The fourth-order valence-electron chi connectivity index (χ4n) is 3.89. The van der Waals surface area contributed by atoms with Crippen LogP contribution in [0.2, 0.25) is 0 Å². The number of nitrogens with zero attached hydrogens (tertiary/aromatic N) is 3. The van der Waals surface area contributed by atoms with Gasteiger partial charge >= 0.3 is 0 Å². The first kappa shape index (κ1) is 18.5. The number of aromatic nitrogens is 1. The van der Waals surface area contributed by atoms with Crippen LogP contribution in [-0.2, 0) is 11.3 Å². The van der Waals surface area contributed by atoms with E-state index in [4.69, 9.17) is 11.5 Å². The molecule has 7 heteroatoms. The van der Waals surface area contributed by atoms with Crippen LogP contribution in [0.3, 0.4) is 0 Å². The van der Waals surface area contributed by atoms with Gasteiger partial charge in [-0.15, -0.1) is 0 Å². The Kier molecular flexibility index (Phi) is 6.30. The Morgan fingerprint density at radius 1 is 1.19 bits per heavy atom. The highest BCUT2D eigenvalue weighted by atomic mass is 16.1. The van der Waals surface area contributed by atoms with E-state index >= 15 is 0 Å². The van der Waals surface area contributed by atoms with E-state index in [1.54, 1.807) is 6.20 Å². The predicted molar refractivity (Wildman–Crippen MR) is 104 cm³/mol. The summed E-state index contributed by atoms with van der Waals surface area (Å²) in [7, 11) is 0. The number of amides is 1. The van der Waals surface area contributed by atoms with Crippen molar-refractivity contribution in [3.63, 3.8) is 0 Å². The number of guanidine groups is 1. The molecule has 0 radical (unpaired) electrons. The summed E-state index contributed by atoms with van der Waals surface area (Å²) < 4.78 is 0. The normalized spacial score (nSPS) is 20.2. The number of nitrogens with two attached hydrogens (primary N) is 2. The zero-order chi connectivity index (χ0) is 18.4. The van der Waals surface area contributed by atoms with Crippen LogP contribution in [0.4, 0.5) is 5.82 Å². The molecule has 3 rings (SSSR count). The lowest BCUT2D eigenvalue weighted by molar-refractivity contribution is -0.122. The highest BCUT2D eigenvalue weighted by Gasteiger charge is 2.24. The minimum Gasteiger partial charge on any atom is -0.370 e. The molecule has 0 atom stereocenters. The smallest absolute Gasteiger partial charge is 0.220 e. The second kappa shape index (κ2) is 8.87. The molecule has 2 heterocycles. The molecule has 1 aliphatic heterocycles. The lowest BCUT2D eigenvalue weighted by Crippen LogP contribution is -2.41. The molecule has 5 N–H and O–H groups in total. The summed E-state index contributed by atoms with van der Waals surface area (Å²) in [5.41, 5.74) is 12.6. The number of pyridine rings is 1. The van der Waals surface area contributed by atoms with E-state index in [-0.39, 0.29) is 11.8 Å². The number of hydrogen-bond acceptors (Lipinski definition) is 4. The van der Waals surface area contributed by atoms with Crippen molar-refractivity contribution in [2.24, 2.45) is 22.4 Å². The van der Waals surface area contributed by atoms with Crippen molar-refractivity contribution in [2.75, 3.05) is 18.0 Å². The molecule has 2 fully saturated rings. The number of carbonyl (C=O) groups is 1. The Hall–Kier alpha value is -2.31. The highest BCUT2D eigenvalue weighted by Crippen LogP contribution is 2.25. The summed E-state index contributed by atoms with van der Waals surface area (Å²) in [4.78, 5) is 22.6. The van der Waals surface area contributed by atoms with Crippen molar-refractivity contribution >= 4 is 17.7 Å². The molecule has 1 aromatic rings. The number of carbonyl (C=O) groups excluding carboxylic acids is 1. The lowest BCUT2D eigenvalue weighted by Gasteiger charge is -2.32. The second-order valence-corrected chi connectivity index (χ2v) is 7.33. The number of aliphatic imine (C=N–C) groups is 1. The van der Waals surface area contributed by atoms with Crippen molar-refractivity contribution in [1.82, 2.24) is 10.3 Å². The third kappa shape index (κ3) is 4.86. The first-order valence-electron chi connectivity index (χ1n) is 9.68. The average molecular weight is 358 g/mol. The highest BCUT2D eigenvalue weighted by molar-refractivity contribution is 5.78. The van der Waals surface area contributed by atoms with Gasteiger partial charge in [0.05, 0.1) is 6.54 Å². The third-order valence-corrected chi connectivity index (χ3v) is 5.44. The molecule has 1 aliphatic carbocycles. The quantitative estimate of drug-likeness (QED) is 0.546. The molecule has 1 saturated carbocycles. The van der Waals surface area contributed by atoms with Gasteiger partial charge in [0.25, 0.3) is 0 Å². The van der Waals surface area contributed by atoms with Gasteiger partial charge in [-0.05, 0) is 31.7 Å². The van der Waals surface area contributed by atoms with Crippen LogP contribution in [0.15, 0.2) is 23.3 Å². The monoisotopic (exact) mass is 358 g/mol. The maximum atomic E-state index is 11.4. The van der Waals surface area contributed by atoms with Gasteiger partial charge in [-0.3, -0.25) is 4.79 Å². The molecule has 0 bridgehead atoms. The molecule has 0 unspecified atom stereocenters. The molecule has 1 saturated heterocycles. The van der Waals surface area contributed by atoms with Crippen molar-refractivity contribution in [3.05, 3.63) is 23.9 Å². The van der Waals surface area contributed by atoms with E-state index in [0.717, 1.165) is 37.3 Å². The molecular formula is C19H30N6O. The van der Waals surface area contributed by atoms with Crippen LogP contribution in [-0.4, -0.2) is 36.0 Å². The Bertz CT molecular complexity index is 633. The first-order valence-corrected chi connectivity index (χ1v) is 9.68. The standard InChI is InChI=1S/C19H30N6O/c20-17(26)14-8-11-25(12-9-14)18-15(5-4-10-22-18)13-23-19(21)24-16-6-2-1-3-7-16/h4-5,10,14,16H,1-3,6-9,11-13H2,(H2,20,26)(H3,21,23,24). The van der Waals surface area contributed by atoms with E-state index in [9.17, 15) is 4.79 Å². The van der Waals surface area contributed by atoms with Gasteiger partial charge in [-0.2, -0.15) is 0 Å². The molecule has 0 spiro atoms. The Morgan fingerprint density at radius 3 is 2.62 bits per heavy atom. The molecular weight excluding hydrogens is 328 g/mol. The number of anilines is 1. The van der Waals surface area contributed by atoms with Crippen molar-refractivity contribution in [3.8, 4) is 0 Å². The number of rotatable bonds is 5. The van der Waals surface area contributed by atoms with Gasteiger partial charge in [0.2, 0.25) is 5.91 Å². The Morgan fingerprint density at radius 2 is 1.92 bits per heavy atom. The van der Waals surface area contributed by atoms with E-state index < -0.39 is 0 Å². The summed E-state index contributed by atoms with van der Waals surface area (Å²) in [5.74, 6) is 1.23. The lowest BCUT2D eigenvalue weighted by atomic mass is 9.96. The van der Waals surface area contributed by atoms with Gasteiger partial charge < -0.3 is 21.7 Å². The van der Waals surface area contributed by atoms with Crippen molar-refractivity contribution in [1.29, 1.82) is 0 Å². The van der Waals surface area contributed by atoms with Crippen molar-refractivity contribution < 1.29 is 4.79 Å². The minimum absolute atomic E-state index is 0.0215. The number of primary amides is 1. The molecule has 2 aliphatic rings. The zero-order valence-electron chi connectivity index (χ0n) is 15.4. The first-order chi connectivity index (χ1) is 12.6. The van der Waals surface area contributed by atoms with Crippen molar-refractivity contribution in [2.45, 2.75) is 57.5 Å². The summed E-state index contributed by atoms with van der Waals surface area (Å²) in [5, 5.41) is 3.35. The molecule has 142 valence electrons. The van der Waals surface area contributed by atoms with Crippen LogP contribution >= 0.6 is 0 Å². The van der Waals surface area contributed by atoms with E-state index in [1.165, 1.54) is 32.1 Å². The SMILES string of the molecule is NC(=O)C1CCN(c2ncccc2CN=C(N)NC2CCCCC2)CC1. The van der Waals surface area contributed by atoms with Crippen LogP contribution in [0.25, 0.3) is 0 Å². The number of piperidine rings is 1. The van der Waals surface area contributed by atoms with Gasteiger partial charge in [0.15, 0.2) is 5.96 Å². The second-order valence-electron chi connectivity index (χ2n) is 7.33. The molecule has 1 amide bonds. The number of hydrogen-bond donors (Lipinski definition) is 3. The maximum Gasteiger partial charge on any atom is 0.220 e. The third-order valence-electron chi connectivity index (χ3n) is 5.44. The van der Waals surface area contributed by atoms with Gasteiger partial charge in [0, 0.05) is 36.8 Å². The van der Waals surface area contributed by atoms with E-state index in [1.807, 2.05) is 12.1 Å². The van der Waals surface area contributed by atoms with Crippen LogP contribution in [0.1, 0.15) is 50.5 Å². The molecule has 7 nitrogen and oxygen atoms in total. The summed E-state index contributed by atoms with van der Waals surface area (Å²) in [6, 6.07) is 4.42. The largest absolute Gasteiger partial charge is 0.370 e. The fourth-order valence-corrected chi connectivity index (χ4v) is 3.89. The average Bonchev–Trinajstić information content (AvgIpc) is 2.67. The van der Waals surface area contributed by atoms with Crippen LogP contribution in [0.5, 0.6) is 0 Å². The van der Waals surface area contributed by atoms with E-state index in [2.05, 4.69) is 20.2 Å². The number of nitrogens with one attached hydrogen (secondary N) is 1. The Balaban J connectivity index is 1.60. The van der Waals surface area contributed by atoms with Gasteiger partial charge in [-0.1, -0.05) is 25.3 Å². The van der Waals surface area contributed by atoms with Gasteiger partial charge in [-0.25, -0.2) is 9.98 Å². The minimum atomic E-state index is -0.197. The van der Waals surface area contributed by atoms with Crippen LogP contribution < -0.4 is 21.7 Å². The Labute approximate surface area is 155 Å². The van der Waals surface area contributed by atoms with E-state index in [0.29, 0.717) is 18.5 Å². The van der Waals surface area contributed by atoms with Gasteiger partial charge in [0.1, 0.15) is 5.82 Å². The summed E-state index contributed by atoms with van der Waals surface area (Å²) in [6.07, 6.45) is 9.54. The maximum absolute atomic E-state index is 11.4. The molecule has 26 heavy (non-hydrogen) atoms. The molecule has 1 aromatic heterocycles. The topological polar surface area (TPSA) is 110 Å². The molecule has 0 aromatic carbocycles. The fraction of sp³-hybridized carbons (Fsp3) is 0.632.